The van der Waals surface area contributed by atoms with Gasteiger partial charge in [0.15, 0.2) is 0 Å². The number of likely N-dealkylation sites (tertiary alicyclic amines) is 1. The third kappa shape index (κ3) is 2.61. The summed E-state index contributed by atoms with van der Waals surface area (Å²) in [4.78, 5) is 19.4. The Balaban J connectivity index is 2.22. The predicted molar refractivity (Wildman–Crippen MR) is 70.1 cm³/mol. The van der Waals surface area contributed by atoms with Crippen LogP contribution in [-0.2, 0) is 0 Å². The second kappa shape index (κ2) is 5.35. The molecule has 1 aliphatic heterocycles. The van der Waals surface area contributed by atoms with Crippen molar-refractivity contribution in [1.29, 1.82) is 0 Å². The number of nitrogens with zero attached hydrogens (tertiary/aromatic N) is 3. The highest BCUT2D eigenvalue weighted by atomic mass is 16.4. The van der Waals surface area contributed by atoms with Gasteiger partial charge in [-0.3, -0.25) is 4.98 Å². The molecule has 1 saturated heterocycles. The summed E-state index contributed by atoms with van der Waals surface area (Å²) in [5.41, 5.74) is 1.02. The number of carboxylic acid groups (broad SMARTS) is 1. The number of piperidine rings is 1. The fourth-order valence-corrected chi connectivity index (χ4v) is 2.51. The van der Waals surface area contributed by atoms with Crippen molar-refractivity contribution in [2.45, 2.75) is 18.9 Å². The minimum absolute atomic E-state index is 0.272. The molecule has 0 bridgehead atoms. The van der Waals surface area contributed by atoms with E-state index in [1.165, 1.54) is 6.20 Å². The Morgan fingerprint density at radius 2 is 2.39 bits per heavy atom. The number of pyridine rings is 1. The highest BCUT2D eigenvalue weighted by molar-refractivity contribution is 5.94. The van der Waals surface area contributed by atoms with Crippen LogP contribution >= 0.6 is 0 Å². The molecule has 5 nitrogen and oxygen atoms in total. The monoisotopic (exact) mass is 249 g/mol. The molecule has 1 unspecified atom stereocenters. The van der Waals surface area contributed by atoms with Crippen molar-refractivity contribution >= 4 is 11.7 Å². The maximum Gasteiger partial charge on any atom is 0.339 e. The van der Waals surface area contributed by atoms with E-state index in [1.54, 1.807) is 12.3 Å². The number of hydrogen-bond acceptors (Lipinski definition) is 4. The van der Waals surface area contributed by atoms with Crippen molar-refractivity contribution in [1.82, 2.24) is 9.88 Å². The first kappa shape index (κ1) is 12.8. The zero-order valence-corrected chi connectivity index (χ0v) is 10.8. The molecule has 0 spiro atoms. The van der Waals surface area contributed by atoms with Crippen LogP contribution in [0.4, 0.5) is 5.69 Å². The highest BCUT2D eigenvalue weighted by Gasteiger charge is 2.24. The van der Waals surface area contributed by atoms with Gasteiger partial charge in [0.1, 0.15) is 5.56 Å². The maximum atomic E-state index is 11.2. The molecule has 18 heavy (non-hydrogen) atoms. The van der Waals surface area contributed by atoms with Gasteiger partial charge in [0.25, 0.3) is 0 Å². The summed E-state index contributed by atoms with van der Waals surface area (Å²) in [6.07, 6.45) is 5.31. The average molecular weight is 249 g/mol. The molecule has 2 heterocycles. The molecule has 1 N–H and O–H groups in total. The lowest BCUT2D eigenvalue weighted by Crippen LogP contribution is -2.45. The van der Waals surface area contributed by atoms with Crippen LogP contribution in [0.2, 0.25) is 0 Å². The van der Waals surface area contributed by atoms with Crippen molar-refractivity contribution in [3.63, 3.8) is 0 Å². The second-order valence-corrected chi connectivity index (χ2v) is 4.87. The van der Waals surface area contributed by atoms with E-state index in [-0.39, 0.29) is 5.56 Å². The van der Waals surface area contributed by atoms with Crippen LogP contribution in [0, 0.1) is 0 Å². The Bertz CT molecular complexity index is 436. The fourth-order valence-electron chi connectivity index (χ4n) is 2.51. The first-order valence-electron chi connectivity index (χ1n) is 6.18. The van der Waals surface area contributed by atoms with Gasteiger partial charge in [-0.2, -0.15) is 0 Å². The molecular weight excluding hydrogens is 230 g/mol. The maximum absolute atomic E-state index is 11.2. The Morgan fingerprint density at radius 3 is 3.06 bits per heavy atom. The van der Waals surface area contributed by atoms with E-state index >= 15 is 0 Å². The standard InChI is InChI=1S/C13H19N3O2/c1-15-7-3-4-10(9-15)16(2)12-5-6-14-8-11(12)13(17)18/h5-6,8,10H,3-4,7,9H2,1-2H3,(H,17,18). The molecule has 2 rings (SSSR count). The van der Waals surface area contributed by atoms with E-state index in [0.29, 0.717) is 6.04 Å². The Morgan fingerprint density at radius 1 is 1.61 bits per heavy atom. The van der Waals surface area contributed by atoms with Crippen LogP contribution in [0.3, 0.4) is 0 Å². The second-order valence-electron chi connectivity index (χ2n) is 4.87. The molecule has 0 aliphatic carbocycles. The molecule has 0 saturated carbocycles. The van der Waals surface area contributed by atoms with Crippen LogP contribution < -0.4 is 4.90 Å². The summed E-state index contributed by atoms with van der Waals surface area (Å²) in [6.45, 7) is 2.09. The van der Waals surface area contributed by atoms with Crippen LogP contribution in [-0.4, -0.2) is 54.2 Å². The average Bonchev–Trinajstić information content (AvgIpc) is 2.38. The van der Waals surface area contributed by atoms with Gasteiger partial charge in [0.2, 0.25) is 0 Å². The normalized spacial score (nSPS) is 20.7. The number of aromatic nitrogens is 1. The molecule has 1 aromatic heterocycles. The van der Waals surface area contributed by atoms with Crippen molar-refractivity contribution < 1.29 is 9.90 Å². The number of hydrogen-bond donors (Lipinski definition) is 1. The zero-order valence-electron chi connectivity index (χ0n) is 10.8. The minimum Gasteiger partial charge on any atom is -0.478 e. The van der Waals surface area contributed by atoms with Gasteiger partial charge in [-0.15, -0.1) is 0 Å². The zero-order chi connectivity index (χ0) is 13.1. The summed E-state index contributed by atoms with van der Waals surface area (Å²) < 4.78 is 0. The lowest BCUT2D eigenvalue weighted by atomic mass is 10.0. The largest absolute Gasteiger partial charge is 0.478 e. The van der Waals surface area contributed by atoms with Crippen molar-refractivity contribution in [3.05, 3.63) is 24.0 Å². The topological polar surface area (TPSA) is 56.7 Å². The smallest absolute Gasteiger partial charge is 0.339 e. The molecule has 98 valence electrons. The molecule has 1 fully saturated rings. The molecule has 1 aromatic rings. The lowest BCUT2D eigenvalue weighted by Gasteiger charge is -2.37. The van der Waals surface area contributed by atoms with E-state index in [0.717, 1.165) is 31.6 Å². The number of likely N-dealkylation sites (N-methyl/N-ethyl adjacent to an activating group) is 2. The summed E-state index contributed by atoms with van der Waals surface area (Å²) >= 11 is 0. The molecular formula is C13H19N3O2. The van der Waals surface area contributed by atoms with E-state index in [2.05, 4.69) is 21.8 Å². The van der Waals surface area contributed by atoms with Gasteiger partial charge in [-0.25, -0.2) is 4.79 Å². The van der Waals surface area contributed by atoms with Crippen LogP contribution in [0.1, 0.15) is 23.2 Å². The number of anilines is 1. The number of carboxylic acids is 1. The SMILES string of the molecule is CN1CCCC(N(C)c2ccncc2C(=O)O)C1. The number of rotatable bonds is 3. The van der Waals surface area contributed by atoms with Gasteiger partial charge in [0.05, 0.1) is 5.69 Å². The van der Waals surface area contributed by atoms with Crippen LogP contribution in [0.25, 0.3) is 0 Å². The summed E-state index contributed by atoms with van der Waals surface area (Å²) in [5.74, 6) is -0.922. The van der Waals surface area contributed by atoms with E-state index < -0.39 is 5.97 Å². The minimum atomic E-state index is -0.922. The quantitative estimate of drug-likeness (QED) is 0.875. The number of aromatic carboxylic acids is 1. The van der Waals surface area contributed by atoms with Crippen LogP contribution in [0.5, 0.6) is 0 Å². The van der Waals surface area contributed by atoms with Gasteiger partial charge >= 0.3 is 5.97 Å². The van der Waals surface area contributed by atoms with Crippen molar-refractivity contribution in [2.75, 3.05) is 32.1 Å². The van der Waals surface area contributed by atoms with Crippen molar-refractivity contribution in [2.24, 2.45) is 0 Å². The highest BCUT2D eigenvalue weighted by Crippen LogP contribution is 2.24. The molecule has 0 radical (unpaired) electrons. The van der Waals surface area contributed by atoms with E-state index in [1.807, 2.05) is 7.05 Å². The molecule has 5 heteroatoms. The lowest BCUT2D eigenvalue weighted by molar-refractivity contribution is 0.0697. The first-order chi connectivity index (χ1) is 8.59. The Labute approximate surface area is 107 Å². The fraction of sp³-hybridized carbons (Fsp3) is 0.538. The van der Waals surface area contributed by atoms with Crippen LogP contribution in [0.15, 0.2) is 18.5 Å². The van der Waals surface area contributed by atoms with E-state index in [9.17, 15) is 9.90 Å². The van der Waals surface area contributed by atoms with Gasteiger partial charge in [-0.1, -0.05) is 0 Å². The molecule has 1 aliphatic rings. The summed E-state index contributed by atoms with van der Waals surface area (Å²) in [7, 11) is 4.07. The van der Waals surface area contributed by atoms with Gasteiger partial charge < -0.3 is 14.9 Å². The molecule has 0 amide bonds. The Kier molecular flexibility index (Phi) is 3.81. The third-order valence-electron chi connectivity index (χ3n) is 3.56. The third-order valence-corrected chi connectivity index (χ3v) is 3.56. The van der Waals surface area contributed by atoms with Gasteiger partial charge in [-0.05, 0) is 32.5 Å². The van der Waals surface area contributed by atoms with Crippen molar-refractivity contribution in [3.8, 4) is 0 Å². The van der Waals surface area contributed by atoms with E-state index in [4.69, 9.17) is 0 Å². The number of carbonyl (C=O) groups is 1. The Hall–Kier alpha value is -1.62. The molecule has 1 atom stereocenters. The first-order valence-corrected chi connectivity index (χ1v) is 6.18. The summed E-state index contributed by atoms with van der Waals surface area (Å²) in [5, 5.41) is 9.19. The summed E-state index contributed by atoms with van der Waals surface area (Å²) in [6, 6.07) is 2.14. The predicted octanol–water partition coefficient (Wildman–Crippen LogP) is 1.31. The molecule has 0 aromatic carbocycles. The van der Waals surface area contributed by atoms with Gasteiger partial charge in [0, 0.05) is 32.0 Å².